The van der Waals surface area contributed by atoms with Crippen molar-refractivity contribution in [2.75, 3.05) is 19.0 Å². The number of carbonyl (C=O) groups is 1. The molecule has 1 aromatic heterocycles. The molecule has 0 aromatic carbocycles. The van der Waals surface area contributed by atoms with E-state index in [0.717, 1.165) is 25.7 Å². The van der Waals surface area contributed by atoms with Crippen LogP contribution in [0.4, 0.5) is 5.13 Å². The molecule has 2 atom stereocenters. The Bertz CT molecular complexity index is 494. The number of esters is 1. The third-order valence-electron chi connectivity index (χ3n) is 3.88. The summed E-state index contributed by atoms with van der Waals surface area (Å²) in [6.45, 7) is 2.68. The zero-order chi connectivity index (χ0) is 14.8. The number of methoxy groups -OCH3 is 1. The maximum atomic E-state index is 11.5. The largest absolute Gasteiger partial charge is 0.465 e. The Kier molecular flexibility index (Phi) is 4.88. The first-order valence-electron chi connectivity index (χ1n) is 6.63. The van der Waals surface area contributed by atoms with Gasteiger partial charge >= 0.3 is 5.97 Å². The van der Waals surface area contributed by atoms with Crippen LogP contribution >= 0.6 is 22.9 Å². The number of thiazole rings is 1. The second-order valence-corrected chi connectivity index (χ2v) is 6.76. The quantitative estimate of drug-likeness (QED) is 0.835. The molecule has 1 aliphatic rings. The zero-order valence-electron chi connectivity index (χ0n) is 11.6. The Morgan fingerprint density at radius 3 is 3.05 bits per heavy atom. The van der Waals surface area contributed by atoms with Gasteiger partial charge in [0.05, 0.1) is 13.2 Å². The number of nitrogens with one attached hydrogen (secondary N) is 1. The normalized spacial score (nSPS) is 26.3. The number of rotatable bonds is 4. The van der Waals surface area contributed by atoms with Crippen LogP contribution in [0.25, 0.3) is 0 Å². The first-order valence-corrected chi connectivity index (χ1v) is 7.82. The highest BCUT2D eigenvalue weighted by molar-refractivity contribution is 7.18. The van der Waals surface area contributed by atoms with E-state index in [2.05, 4.69) is 22.0 Å². The molecule has 7 heteroatoms. The maximum Gasteiger partial charge on any atom is 0.351 e. The first-order chi connectivity index (χ1) is 9.46. The Labute approximate surface area is 127 Å². The summed E-state index contributed by atoms with van der Waals surface area (Å²) in [5, 5.41) is 14.0. The molecule has 112 valence electrons. The minimum Gasteiger partial charge on any atom is -0.465 e. The zero-order valence-corrected chi connectivity index (χ0v) is 13.2. The Morgan fingerprint density at radius 1 is 1.65 bits per heavy atom. The number of halogens is 1. The van der Waals surface area contributed by atoms with Gasteiger partial charge in [0, 0.05) is 12.0 Å². The van der Waals surface area contributed by atoms with E-state index in [4.69, 9.17) is 11.6 Å². The molecule has 0 saturated heterocycles. The molecule has 1 aromatic rings. The molecule has 0 amide bonds. The van der Waals surface area contributed by atoms with Crippen LogP contribution in [0.2, 0.25) is 5.15 Å². The molecule has 0 spiro atoms. The van der Waals surface area contributed by atoms with Gasteiger partial charge in [0.1, 0.15) is 0 Å². The summed E-state index contributed by atoms with van der Waals surface area (Å²) in [6, 6.07) is 0. The van der Waals surface area contributed by atoms with Gasteiger partial charge in [0.25, 0.3) is 0 Å². The number of aromatic nitrogens is 1. The summed E-state index contributed by atoms with van der Waals surface area (Å²) in [5.41, 5.74) is -0.165. The van der Waals surface area contributed by atoms with E-state index in [1.807, 2.05) is 0 Å². The van der Waals surface area contributed by atoms with Crippen molar-refractivity contribution in [3.63, 3.8) is 0 Å². The molecule has 1 saturated carbocycles. The molecule has 20 heavy (non-hydrogen) atoms. The summed E-state index contributed by atoms with van der Waals surface area (Å²) in [6.07, 6.45) is 3.71. The van der Waals surface area contributed by atoms with Crippen LogP contribution in [0, 0.1) is 5.41 Å². The highest BCUT2D eigenvalue weighted by Crippen LogP contribution is 2.37. The van der Waals surface area contributed by atoms with Crippen LogP contribution in [-0.2, 0) is 4.74 Å². The molecule has 1 heterocycles. The van der Waals surface area contributed by atoms with Crippen molar-refractivity contribution in [2.24, 2.45) is 5.41 Å². The Hall–Kier alpha value is -0.850. The van der Waals surface area contributed by atoms with E-state index < -0.39 is 5.97 Å². The number of hydrogen-bond acceptors (Lipinski definition) is 6. The molecular weight excluding hydrogens is 300 g/mol. The lowest BCUT2D eigenvalue weighted by Gasteiger charge is -2.38. The van der Waals surface area contributed by atoms with Crippen molar-refractivity contribution in [2.45, 2.75) is 38.7 Å². The maximum absolute atomic E-state index is 11.5. The Balaban J connectivity index is 2.02. The van der Waals surface area contributed by atoms with Gasteiger partial charge in [0.15, 0.2) is 15.2 Å². The number of aliphatic hydroxyl groups excluding tert-OH is 1. The summed E-state index contributed by atoms with van der Waals surface area (Å²) >= 11 is 7.08. The van der Waals surface area contributed by atoms with Gasteiger partial charge in [-0.1, -0.05) is 42.7 Å². The lowest BCUT2D eigenvalue weighted by Crippen LogP contribution is -2.41. The third kappa shape index (κ3) is 3.24. The predicted molar refractivity (Wildman–Crippen MR) is 79.5 cm³/mol. The standard InChI is InChI=1S/C13H19ClN2O3S/c1-13(6-4-3-5-8(13)17)7-15-12-16-10(14)9(20-12)11(18)19-2/h8,17H,3-7H2,1-2H3,(H,15,16). The van der Waals surface area contributed by atoms with Gasteiger partial charge in [-0.05, 0) is 12.8 Å². The van der Waals surface area contributed by atoms with E-state index in [0.29, 0.717) is 16.6 Å². The fourth-order valence-electron chi connectivity index (χ4n) is 2.46. The number of nitrogens with zero attached hydrogens (tertiary/aromatic N) is 1. The van der Waals surface area contributed by atoms with Crippen molar-refractivity contribution < 1.29 is 14.6 Å². The number of anilines is 1. The molecule has 2 N–H and O–H groups in total. The van der Waals surface area contributed by atoms with Gasteiger partial charge in [0.2, 0.25) is 0 Å². The first kappa shape index (κ1) is 15.5. The summed E-state index contributed by atoms with van der Waals surface area (Å²) in [4.78, 5) is 15.9. The SMILES string of the molecule is COC(=O)c1sc(NCC2(C)CCCCC2O)nc1Cl. The fraction of sp³-hybridized carbons (Fsp3) is 0.692. The van der Waals surface area contributed by atoms with Gasteiger partial charge in [-0.15, -0.1) is 0 Å². The van der Waals surface area contributed by atoms with E-state index in [-0.39, 0.29) is 16.7 Å². The molecule has 0 radical (unpaired) electrons. The van der Waals surface area contributed by atoms with Crippen molar-refractivity contribution in [3.05, 3.63) is 10.0 Å². The lowest BCUT2D eigenvalue weighted by molar-refractivity contribution is 0.00963. The van der Waals surface area contributed by atoms with E-state index >= 15 is 0 Å². The van der Waals surface area contributed by atoms with Gasteiger partial charge in [-0.2, -0.15) is 0 Å². The monoisotopic (exact) mass is 318 g/mol. The smallest absolute Gasteiger partial charge is 0.351 e. The van der Waals surface area contributed by atoms with E-state index in [1.165, 1.54) is 18.4 Å². The minimum absolute atomic E-state index is 0.152. The minimum atomic E-state index is -0.482. The number of hydrogen-bond donors (Lipinski definition) is 2. The average molecular weight is 319 g/mol. The number of ether oxygens (including phenoxy) is 1. The summed E-state index contributed by atoms with van der Waals surface area (Å²) in [7, 11) is 1.31. The molecular formula is C13H19ClN2O3S. The highest BCUT2D eigenvalue weighted by Gasteiger charge is 2.35. The topological polar surface area (TPSA) is 71.5 Å². The molecule has 0 aliphatic heterocycles. The molecule has 0 bridgehead atoms. The fourth-order valence-corrected chi connectivity index (χ4v) is 3.56. The third-order valence-corrected chi connectivity index (χ3v) is 5.26. The average Bonchev–Trinajstić information content (AvgIpc) is 2.81. The van der Waals surface area contributed by atoms with Crippen LogP contribution in [0.3, 0.4) is 0 Å². The van der Waals surface area contributed by atoms with Crippen molar-refractivity contribution in [1.29, 1.82) is 0 Å². The Morgan fingerprint density at radius 2 is 2.40 bits per heavy atom. The van der Waals surface area contributed by atoms with Crippen molar-refractivity contribution in [1.82, 2.24) is 4.98 Å². The van der Waals surface area contributed by atoms with E-state index in [1.54, 1.807) is 0 Å². The molecule has 1 fully saturated rings. The number of carbonyl (C=O) groups excluding carboxylic acids is 1. The lowest BCUT2D eigenvalue weighted by atomic mass is 9.73. The second kappa shape index (κ2) is 6.28. The van der Waals surface area contributed by atoms with Crippen LogP contribution in [0.5, 0.6) is 0 Å². The summed E-state index contributed by atoms with van der Waals surface area (Å²) < 4.78 is 4.64. The number of aliphatic hydroxyl groups is 1. The van der Waals surface area contributed by atoms with Crippen LogP contribution in [0.1, 0.15) is 42.3 Å². The predicted octanol–water partition coefficient (Wildman–Crippen LogP) is 2.94. The summed E-state index contributed by atoms with van der Waals surface area (Å²) in [5.74, 6) is -0.482. The van der Waals surface area contributed by atoms with Gasteiger partial charge in [-0.25, -0.2) is 9.78 Å². The van der Waals surface area contributed by atoms with Gasteiger partial charge < -0.3 is 15.2 Å². The van der Waals surface area contributed by atoms with Gasteiger partial charge in [-0.3, -0.25) is 0 Å². The molecule has 5 nitrogen and oxygen atoms in total. The van der Waals surface area contributed by atoms with Crippen molar-refractivity contribution in [3.8, 4) is 0 Å². The van der Waals surface area contributed by atoms with Crippen molar-refractivity contribution >= 4 is 34.0 Å². The van der Waals surface area contributed by atoms with Crippen LogP contribution in [0.15, 0.2) is 0 Å². The van der Waals surface area contributed by atoms with Crippen LogP contribution in [-0.4, -0.2) is 35.8 Å². The molecule has 2 rings (SSSR count). The highest BCUT2D eigenvalue weighted by atomic mass is 35.5. The van der Waals surface area contributed by atoms with E-state index in [9.17, 15) is 9.90 Å². The molecule has 1 aliphatic carbocycles. The van der Waals surface area contributed by atoms with Crippen LogP contribution < -0.4 is 5.32 Å². The molecule has 2 unspecified atom stereocenters. The second-order valence-electron chi connectivity index (χ2n) is 5.40.